The average molecular weight is 317 g/mol. The van der Waals surface area contributed by atoms with Crippen LogP contribution in [0.2, 0.25) is 0 Å². The van der Waals surface area contributed by atoms with Crippen LogP contribution in [0.25, 0.3) is 0 Å². The molecule has 128 valence electrons. The molecule has 0 aromatic heterocycles. The molecule has 1 fully saturated rings. The molecule has 4 nitrogen and oxygen atoms in total. The van der Waals surface area contributed by atoms with Gasteiger partial charge in [0.25, 0.3) is 0 Å². The predicted octanol–water partition coefficient (Wildman–Crippen LogP) is 2.53. The van der Waals surface area contributed by atoms with Crippen molar-refractivity contribution in [1.82, 2.24) is 15.1 Å². The van der Waals surface area contributed by atoms with E-state index >= 15 is 0 Å². The van der Waals surface area contributed by atoms with Gasteiger partial charge in [0.05, 0.1) is 0 Å². The first-order chi connectivity index (χ1) is 11.0. The smallest absolute Gasteiger partial charge is 0.241 e. The lowest BCUT2D eigenvalue weighted by molar-refractivity contribution is -0.126. The van der Waals surface area contributed by atoms with E-state index in [-0.39, 0.29) is 11.9 Å². The Balaban J connectivity index is 1.94. The molecule has 23 heavy (non-hydrogen) atoms. The van der Waals surface area contributed by atoms with Gasteiger partial charge in [0.1, 0.15) is 6.04 Å². The van der Waals surface area contributed by atoms with Gasteiger partial charge in [-0.15, -0.1) is 0 Å². The molecule has 1 saturated heterocycles. The molecule has 1 heterocycles. The summed E-state index contributed by atoms with van der Waals surface area (Å²) in [6.45, 7) is 10.4. The van der Waals surface area contributed by atoms with Crippen LogP contribution in [0.3, 0.4) is 0 Å². The van der Waals surface area contributed by atoms with Crippen LogP contribution in [-0.4, -0.2) is 55.0 Å². The zero-order valence-electron chi connectivity index (χ0n) is 15.0. The quantitative estimate of drug-likeness (QED) is 0.839. The molecule has 0 spiro atoms. The lowest BCUT2D eigenvalue weighted by Gasteiger charge is -2.27. The molecule has 2 atom stereocenters. The van der Waals surface area contributed by atoms with E-state index in [0.717, 1.165) is 31.7 Å². The molecular formula is C19H31N3O. The van der Waals surface area contributed by atoms with Gasteiger partial charge in [-0.1, -0.05) is 37.3 Å². The highest BCUT2D eigenvalue weighted by molar-refractivity contribution is 5.83. The van der Waals surface area contributed by atoms with Crippen molar-refractivity contribution in [2.75, 3.05) is 33.2 Å². The van der Waals surface area contributed by atoms with Gasteiger partial charge < -0.3 is 10.2 Å². The highest BCUT2D eigenvalue weighted by Gasteiger charge is 2.27. The molecule has 1 aliphatic heterocycles. The third-order valence-corrected chi connectivity index (χ3v) is 4.92. The molecule has 0 aliphatic carbocycles. The molecule has 0 radical (unpaired) electrons. The van der Waals surface area contributed by atoms with Crippen LogP contribution in [0.1, 0.15) is 38.8 Å². The van der Waals surface area contributed by atoms with Crippen molar-refractivity contribution in [2.45, 2.75) is 39.3 Å². The van der Waals surface area contributed by atoms with Gasteiger partial charge in [0, 0.05) is 19.1 Å². The van der Waals surface area contributed by atoms with Crippen LogP contribution in [-0.2, 0) is 4.79 Å². The zero-order chi connectivity index (χ0) is 16.8. The monoisotopic (exact) mass is 317 g/mol. The average Bonchev–Trinajstić information content (AvgIpc) is 3.03. The number of benzene rings is 1. The second-order valence-electron chi connectivity index (χ2n) is 6.87. The number of rotatable bonds is 7. The molecule has 0 bridgehead atoms. The molecular weight excluding hydrogens is 286 g/mol. The van der Waals surface area contributed by atoms with E-state index in [9.17, 15) is 4.79 Å². The summed E-state index contributed by atoms with van der Waals surface area (Å²) in [5.74, 6) is 0.688. The Kier molecular flexibility index (Phi) is 6.60. The van der Waals surface area contributed by atoms with Crippen molar-refractivity contribution in [3.05, 3.63) is 35.9 Å². The Morgan fingerprint density at radius 2 is 2.04 bits per heavy atom. The number of amides is 1. The van der Waals surface area contributed by atoms with Crippen molar-refractivity contribution in [3.63, 3.8) is 0 Å². The number of carbonyl (C=O) groups excluding carboxylic acids is 1. The van der Waals surface area contributed by atoms with Crippen LogP contribution < -0.4 is 5.32 Å². The van der Waals surface area contributed by atoms with Crippen LogP contribution in [0.5, 0.6) is 0 Å². The highest BCUT2D eigenvalue weighted by Crippen LogP contribution is 2.21. The molecule has 2 rings (SSSR count). The predicted molar refractivity (Wildman–Crippen MR) is 95.3 cm³/mol. The molecule has 4 heteroatoms. The number of hydrogen-bond donors (Lipinski definition) is 1. The van der Waals surface area contributed by atoms with Crippen LogP contribution in [0.4, 0.5) is 0 Å². The van der Waals surface area contributed by atoms with Gasteiger partial charge in [0.2, 0.25) is 5.91 Å². The van der Waals surface area contributed by atoms with Gasteiger partial charge in [-0.05, 0) is 51.9 Å². The number of hydrogen-bond acceptors (Lipinski definition) is 3. The zero-order valence-corrected chi connectivity index (χ0v) is 15.0. The minimum atomic E-state index is -0.205. The molecule has 1 aromatic rings. The first kappa shape index (κ1) is 18.0. The minimum absolute atomic E-state index is 0.114. The van der Waals surface area contributed by atoms with Crippen molar-refractivity contribution in [3.8, 4) is 0 Å². The number of likely N-dealkylation sites (N-methyl/N-ethyl adjacent to an activating group) is 1. The summed E-state index contributed by atoms with van der Waals surface area (Å²) in [7, 11) is 2.01. The molecule has 1 N–H and O–H groups in total. The van der Waals surface area contributed by atoms with E-state index in [4.69, 9.17) is 0 Å². The Hall–Kier alpha value is -1.39. The Bertz CT molecular complexity index is 489. The maximum atomic E-state index is 12.7. The van der Waals surface area contributed by atoms with Gasteiger partial charge in [-0.2, -0.15) is 0 Å². The lowest BCUT2D eigenvalue weighted by Crippen LogP contribution is -2.41. The minimum Gasteiger partial charge on any atom is -0.354 e. The van der Waals surface area contributed by atoms with Crippen LogP contribution >= 0.6 is 0 Å². The number of likely N-dealkylation sites (tertiary alicyclic amines) is 1. The number of nitrogens with one attached hydrogen (secondary N) is 1. The fourth-order valence-electron chi connectivity index (χ4n) is 3.26. The third kappa shape index (κ3) is 4.79. The molecule has 0 saturated carbocycles. The summed E-state index contributed by atoms with van der Waals surface area (Å²) in [6, 6.07) is 10.4. The molecule has 1 aromatic carbocycles. The highest BCUT2D eigenvalue weighted by atomic mass is 16.2. The van der Waals surface area contributed by atoms with Gasteiger partial charge in [-0.3, -0.25) is 9.69 Å². The first-order valence-electron chi connectivity index (χ1n) is 8.79. The summed E-state index contributed by atoms with van der Waals surface area (Å²) in [4.78, 5) is 17.3. The Labute approximate surface area is 140 Å². The third-order valence-electron chi connectivity index (χ3n) is 4.92. The largest absolute Gasteiger partial charge is 0.354 e. The topological polar surface area (TPSA) is 35.6 Å². The molecule has 1 amide bonds. The summed E-state index contributed by atoms with van der Waals surface area (Å²) in [5, 5.41) is 3.19. The second kappa shape index (κ2) is 8.46. The van der Waals surface area contributed by atoms with Gasteiger partial charge in [0.15, 0.2) is 0 Å². The molecule has 0 unspecified atom stereocenters. The van der Waals surface area contributed by atoms with Crippen molar-refractivity contribution >= 4 is 5.91 Å². The van der Waals surface area contributed by atoms with Gasteiger partial charge >= 0.3 is 0 Å². The standard InChI is InChI=1S/C19H31N3O/c1-5-21(4)18(17-9-7-6-8-10-17)19(23)20-13-16-11-12-22(14-16)15(2)3/h6-10,15-16,18H,5,11-14H2,1-4H3,(H,20,23)/t16-,18-/m1/s1. The summed E-state index contributed by atoms with van der Waals surface area (Å²) in [5.41, 5.74) is 1.06. The van der Waals surface area contributed by atoms with E-state index in [0.29, 0.717) is 12.0 Å². The number of nitrogens with zero attached hydrogens (tertiary/aromatic N) is 2. The van der Waals surface area contributed by atoms with Gasteiger partial charge in [-0.25, -0.2) is 0 Å². The van der Waals surface area contributed by atoms with Crippen LogP contribution in [0.15, 0.2) is 30.3 Å². The van der Waals surface area contributed by atoms with E-state index in [1.807, 2.05) is 37.4 Å². The van der Waals surface area contributed by atoms with Crippen molar-refractivity contribution < 1.29 is 4.79 Å². The summed E-state index contributed by atoms with van der Waals surface area (Å²) in [6.07, 6.45) is 1.18. The fraction of sp³-hybridized carbons (Fsp3) is 0.632. The normalized spacial score (nSPS) is 20.2. The molecule has 1 aliphatic rings. The summed E-state index contributed by atoms with van der Waals surface area (Å²) < 4.78 is 0. The van der Waals surface area contributed by atoms with E-state index < -0.39 is 0 Å². The second-order valence-corrected chi connectivity index (χ2v) is 6.87. The van der Waals surface area contributed by atoms with E-state index in [2.05, 4.69) is 35.9 Å². The van der Waals surface area contributed by atoms with E-state index in [1.165, 1.54) is 6.42 Å². The fourth-order valence-corrected chi connectivity index (χ4v) is 3.26. The van der Waals surface area contributed by atoms with Crippen molar-refractivity contribution in [2.24, 2.45) is 5.92 Å². The SMILES string of the molecule is CCN(C)[C@@H](C(=O)NC[C@H]1CCN(C(C)C)C1)c1ccccc1. The van der Waals surface area contributed by atoms with E-state index in [1.54, 1.807) is 0 Å². The maximum Gasteiger partial charge on any atom is 0.241 e. The maximum absolute atomic E-state index is 12.7. The van der Waals surface area contributed by atoms with Crippen molar-refractivity contribution in [1.29, 1.82) is 0 Å². The van der Waals surface area contributed by atoms with Crippen LogP contribution in [0, 0.1) is 5.92 Å². The lowest BCUT2D eigenvalue weighted by atomic mass is 10.0. The number of carbonyl (C=O) groups is 1. The Morgan fingerprint density at radius 1 is 1.35 bits per heavy atom. The first-order valence-corrected chi connectivity index (χ1v) is 8.79. The summed E-state index contributed by atoms with van der Waals surface area (Å²) >= 11 is 0. The Morgan fingerprint density at radius 3 is 2.61 bits per heavy atom.